The van der Waals surface area contributed by atoms with Crippen LogP contribution in [-0.2, 0) is 9.36 Å². The smallest absolute Gasteiger partial charge is 0.351 e. The standard InChI is InChI=1S/C9H18N2O.H3O4P/c1-4-9(12)10-7-8-11(5-2)6-3;1-5(2,3)4/h4H,1,5-8H2,2-3H3,(H,10,12);(H3,1,2,3,4). The third-order valence-electron chi connectivity index (χ3n) is 1.81. The lowest BCUT2D eigenvalue weighted by atomic mass is 10.4. The zero-order valence-corrected chi connectivity index (χ0v) is 11.1. The highest BCUT2D eigenvalue weighted by molar-refractivity contribution is 7.45. The van der Waals surface area contributed by atoms with Gasteiger partial charge >= 0.3 is 7.82 Å². The van der Waals surface area contributed by atoms with Gasteiger partial charge in [0.1, 0.15) is 0 Å². The number of carbonyl (C=O) groups excluding carboxylic acids is 1. The van der Waals surface area contributed by atoms with E-state index < -0.39 is 7.82 Å². The maximum atomic E-state index is 10.7. The molecule has 102 valence electrons. The SMILES string of the molecule is C=CC(=O)NCCN(CC)CC.O=P(O)(O)O. The van der Waals surface area contributed by atoms with Crippen molar-refractivity contribution >= 4 is 13.7 Å². The summed E-state index contributed by atoms with van der Waals surface area (Å²) in [7, 11) is -4.64. The molecule has 0 aliphatic carbocycles. The molecule has 0 aliphatic rings. The zero-order valence-electron chi connectivity index (χ0n) is 10.2. The Bertz CT molecular complexity index is 254. The van der Waals surface area contributed by atoms with E-state index in [1.165, 1.54) is 6.08 Å². The van der Waals surface area contributed by atoms with E-state index in [1.807, 2.05) is 0 Å². The molecule has 0 heterocycles. The Morgan fingerprint density at radius 1 is 1.35 bits per heavy atom. The van der Waals surface area contributed by atoms with Gasteiger partial charge in [0.15, 0.2) is 0 Å². The van der Waals surface area contributed by atoms with E-state index in [0.717, 1.165) is 19.6 Å². The molecule has 0 radical (unpaired) electrons. The minimum Gasteiger partial charge on any atom is -0.351 e. The van der Waals surface area contributed by atoms with Crippen molar-refractivity contribution < 1.29 is 24.0 Å². The molecule has 0 aliphatic heterocycles. The van der Waals surface area contributed by atoms with Crippen LogP contribution in [0.25, 0.3) is 0 Å². The number of hydrogen-bond donors (Lipinski definition) is 4. The molecule has 0 aromatic heterocycles. The number of nitrogens with one attached hydrogen (secondary N) is 1. The van der Waals surface area contributed by atoms with Gasteiger partial charge in [0.25, 0.3) is 0 Å². The normalized spacial score (nSPS) is 10.5. The Kier molecular flexibility index (Phi) is 11.4. The first-order chi connectivity index (χ1) is 7.74. The summed E-state index contributed by atoms with van der Waals surface area (Å²) in [5, 5.41) is 2.73. The summed E-state index contributed by atoms with van der Waals surface area (Å²) in [5.41, 5.74) is 0. The molecule has 4 N–H and O–H groups in total. The molecule has 0 rings (SSSR count). The maximum absolute atomic E-state index is 10.7. The fourth-order valence-electron chi connectivity index (χ4n) is 0.949. The van der Waals surface area contributed by atoms with Gasteiger partial charge in [0, 0.05) is 13.1 Å². The number of hydrogen-bond acceptors (Lipinski definition) is 3. The molecule has 17 heavy (non-hydrogen) atoms. The fourth-order valence-corrected chi connectivity index (χ4v) is 0.949. The molecule has 0 saturated heterocycles. The van der Waals surface area contributed by atoms with Crippen LogP contribution in [0, 0.1) is 0 Å². The third kappa shape index (κ3) is 21.2. The molecule has 0 bridgehead atoms. The molecule has 7 nitrogen and oxygen atoms in total. The summed E-state index contributed by atoms with van der Waals surface area (Å²) in [5.74, 6) is -0.0952. The van der Waals surface area contributed by atoms with Crippen molar-refractivity contribution in [3.8, 4) is 0 Å². The molecular formula is C9H21N2O5P. The van der Waals surface area contributed by atoms with Gasteiger partial charge < -0.3 is 24.9 Å². The van der Waals surface area contributed by atoms with Crippen LogP contribution in [0.1, 0.15) is 13.8 Å². The highest BCUT2D eigenvalue weighted by Crippen LogP contribution is 2.25. The Morgan fingerprint density at radius 3 is 2.06 bits per heavy atom. The van der Waals surface area contributed by atoms with Gasteiger partial charge in [-0.05, 0) is 19.2 Å². The minimum atomic E-state index is -4.64. The van der Waals surface area contributed by atoms with Gasteiger partial charge in [0.2, 0.25) is 5.91 Å². The lowest BCUT2D eigenvalue weighted by Gasteiger charge is -2.17. The first-order valence-electron chi connectivity index (χ1n) is 5.15. The summed E-state index contributed by atoms with van der Waals surface area (Å²) in [6.07, 6.45) is 1.29. The molecule has 0 unspecified atom stereocenters. The molecule has 0 aromatic rings. The van der Waals surface area contributed by atoms with E-state index in [4.69, 9.17) is 19.2 Å². The molecule has 1 amide bonds. The summed E-state index contributed by atoms with van der Waals surface area (Å²) in [4.78, 5) is 34.5. The van der Waals surface area contributed by atoms with Crippen molar-refractivity contribution in [3.63, 3.8) is 0 Å². The molecule has 0 saturated carbocycles. The van der Waals surface area contributed by atoms with E-state index in [0.29, 0.717) is 6.54 Å². The second-order valence-corrected chi connectivity index (χ2v) is 4.06. The predicted octanol–water partition coefficient (Wildman–Crippen LogP) is -0.298. The van der Waals surface area contributed by atoms with Crippen LogP contribution in [-0.4, -0.2) is 51.7 Å². The zero-order chi connectivity index (χ0) is 13.9. The summed E-state index contributed by atoms with van der Waals surface area (Å²) in [6, 6.07) is 0. The van der Waals surface area contributed by atoms with Crippen LogP contribution in [0.2, 0.25) is 0 Å². The second kappa shape index (κ2) is 10.4. The number of nitrogens with zero attached hydrogens (tertiary/aromatic N) is 1. The first-order valence-corrected chi connectivity index (χ1v) is 6.72. The maximum Gasteiger partial charge on any atom is 0.466 e. The molecule has 0 aromatic carbocycles. The molecule has 0 atom stereocenters. The average Bonchev–Trinajstić information content (AvgIpc) is 2.21. The van der Waals surface area contributed by atoms with Crippen LogP contribution < -0.4 is 5.32 Å². The lowest BCUT2D eigenvalue weighted by molar-refractivity contribution is -0.116. The monoisotopic (exact) mass is 268 g/mol. The van der Waals surface area contributed by atoms with E-state index in [2.05, 4.69) is 30.6 Å². The fraction of sp³-hybridized carbons (Fsp3) is 0.667. The number of carbonyl (C=O) groups is 1. The number of phosphoric acid groups is 1. The van der Waals surface area contributed by atoms with Gasteiger partial charge in [-0.2, -0.15) is 0 Å². The van der Waals surface area contributed by atoms with Crippen molar-refractivity contribution in [2.75, 3.05) is 26.2 Å². The Hall–Kier alpha value is -0.720. The van der Waals surface area contributed by atoms with Crippen LogP contribution in [0.3, 0.4) is 0 Å². The van der Waals surface area contributed by atoms with Crippen LogP contribution in [0.5, 0.6) is 0 Å². The molecule has 8 heteroatoms. The molecule has 0 fully saturated rings. The summed E-state index contributed by atoms with van der Waals surface area (Å²) >= 11 is 0. The van der Waals surface area contributed by atoms with Gasteiger partial charge in [-0.25, -0.2) is 4.57 Å². The van der Waals surface area contributed by atoms with E-state index in [1.54, 1.807) is 0 Å². The largest absolute Gasteiger partial charge is 0.466 e. The van der Waals surface area contributed by atoms with Crippen LogP contribution >= 0.6 is 7.82 Å². The minimum absolute atomic E-state index is 0.0952. The summed E-state index contributed by atoms with van der Waals surface area (Å²) < 4.78 is 8.88. The lowest BCUT2D eigenvalue weighted by Crippen LogP contribution is -2.33. The molecular weight excluding hydrogens is 247 g/mol. The highest BCUT2D eigenvalue weighted by Gasteiger charge is 2.00. The van der Waals surface area contributed by atoms with Gasteiger partial charge in [0.05, 0.1) is 0 Å². The average molecular weight is 268 g/mol. The van der Waals surface area contributed by atoms with Gasteiger partial charge in [-0.3, -0.25) is 4.79 Å². The van der Waals surface area contributed by atoms with E-state index in [9.17, 15) is 4.79 Å². The Balaban J connectivity index is 0. The second-order valence-electron chi connectivity index (χ2n) is 3.04. The van der Waals surface area contributed by atoms with Crippen molar-refractivity contribution in [1.29, 1.82) is 0 Å². The Labute approximate surface area is 101 Å². The van der Waals surface area contributed by atoms with Crippen LogP contribution in [0.4, 0.5) is 0 Å². The summed E-state index contributed by atoms with van der Waals surface area (Å²) in [6.45, 7) is 11.3. The van der Waals surface area contributed by atoms with Gasteiger partial charge in [-0.1, -0.05) is 20.4 Å². The number of rotatable bonds is 6. The Morgan fingerprint density at radius 2 is 1.76 bits per heavy atom. The van der Waals surface area contributed by atoms with Crippen molar-refractivity contribution in [1.82, 2.24) is 10.2 Å². The van der Waals surface area contributed by atoms with Gasteiger partial charge in [-0.15, -0.1) is 0 Å². The van der Waals surface area contributed by atoms with E-state index >= 15 is 0 Å². The third-order valence-corrected chi connectivity index (χ3v) is 1.81. The molecule has 0 spiro atoms. The van der Waals surface area contributed by atoms with E-state index in [-0.39, 0.29) is 5.91 Å². The highest BCUT2D eigenvalue weighted by atomic mass is 31.2. The van der Waals surface area contributed by atoms with Crippen molar-refractivity contribution in [3.05, 3.63) is 12.7 Å². The quantitative estimate of drug-likeness (QED) is 0.389. The predicted molar refractivity (Wildman–Crippen MR) is 65.3 cm³/mol. The first kappa shape index (κ1) is 18.6. The number of amides is 1. The number of likely N-dealkylation sites (N-methyl/N-ethyl adjacent to an activating group) is 1. The van der Waals surface area contributed by atoms with Crippen LogP contribution in [0.15, 0.2) is 12.7 Å². The topological polar surface area (TPSA) is 110 Å². The van der Waals surface area contributed by atoms with Crippen molar-refractivity contribution in [2.24, 2.45) is 0 Å². The van der Waals surface area contributed by atoms with Crippen molar-refractivity contribution in [2.45, 2.75) is 13.8 Å².